The van der Waals surface area contributed by atoms with Crippen molar-refractivity contribution in [1.29, 1.82) is 0 Å². The lowest BCUT2D eigenvalue weighted by Crippen LogP contribution is -2.39. The lowest BCUT2D eigenvalue weighted by Gasteiger charge is -2.19. The normalized spacial score (nSPS) is 26.8. The highest BCUT2D eigenvalue weighted by molar-refractivity contribution is 9.10. The van der Waals surface area contributed by atoms with E-state index in [9.17, 15) is 14.0 Å². The fraction of sp³-hybridized carbons (Fsp3) is 0.538. The van der Waals surface area contributed by atoms with Crippen LogP contribution in [0.3, 0.4) is 0 Å². The maximum Gasteiger partial charge on any atom is 0.332 e. The van der Waals surface area contributed by atoms with Crippen molar-refractivity contribution in [1.82, 2.24) is 9.13 Å². The molecule has 1 aromatic heterocycles. The minimum atomic E-state index is -1.40. The Labute approximate surface area is 128 Å². The number of rotatable bonds is 4. The summed E-state index contributed by atoms with van der Waals surface area (Å²) in [7, 11) is 2.83. The molecule has 1 aliphatic heterocycles. The van der Waals surface area contributed by atoms with E-state index in [1.807, 2.05) is 0 Å². The molecule has 1 unspecified atom stereocenters. The van der Waals surface area contributed by atoms with Gasteiger partial charge in [0.1, 0.15) is 18.5 Å². The van der Waals surface area contributed by atoms with Crippen molar-refractivity contribution in [2.75, 3.05) is 7.11 Å². The summed E-state index contributed by atoms with van der Waals surface area (Å²) in [6, 6.07) is 0. The Hall–Kier alpha value is -1.25. The number of hydrogen-bond acceptors (Lipinski definition) is 4. The fourth-order valence-electron chi connectivity index (χ4n) is 2.34. The van der Waals surface area contributed by atoms with E-state index < -0.39 is 35.9 Å². The maximum atomic E-state index is 13.8. The predicted molar refractivity (Wildman–Crippen MR) is 78.1 cm³/mol. The molecule has 0 saturated carbocycles. The molecule has 21 heavy (non-hydrogen) atoms. The molecule has 116 valence electrons. The molecule has 0 aromatic carbocycles. The van der Waals surface area contributed by atoms with Gasteiger partial charge in [-0.15, -0.1) is 6.58 Å². The first kappa shape index (κ1) is 16.1. The zero-order valence-corrected chi connectivity index (χ0v) is 13.2. The molecule has 1 fully saturated rings. The van der Waals surface area contributed by atoms with Gasteiger partial charge < -0.3 is 9.47 Å². The second-order valence-electron chi connectivity index (χ2n) is 4.78. The van der Waals surface area contributed by atoms with Gasteiger partial charge in [0.15, 0.2) is 0 Å². The molecule has 8 heteroatoms. The van der Waals surface area contributed by atoms with Crippen molar-refractivity contribution < 1.29 is 13.9 Å². The summed E-state index contributed by atoms with van der Waals surface area (Å²) in [5.74, 6) is 0. The highest BCUT2D eigenvalue weighted by atomic mass is 79.9. The summed E-state index contributed by atoms with van der Waals surface area (Å²) >= 11 is 3.10. The van der Waals surface area contributed by atoms with Crippen LogP contribution >= 0.6 is 15.9 Å². The molecule has 1 saturated heterocycles. The highest BCUT2D eigenvalue weighted by Crippen LogP contribution is 2.32. The van der Waals surface area contributed by atoms with E-state index in [0.29, 0.717) is 6.42 Å². The summed E-state index contributed by atoms with van der Waals surface area (Å²) in [4.78, 5) is 23.8. The van der Waals surface area contributed by atoms with E-state index in [2.05, 4.69) is 22.5 Å². The van der Waals surface area contributed by atoms with Crippen LogP contribution < -0.4 is 11.2 Å². The van der Waals surface area contributed by atoms with Crippen molar-refractivity contribution in [3.8, 4) is 0 Å². The summed E-state index contributed by atoms with van der Waals surface area (Å²) in [5.41, 5.74) is -0.971. The summed E-state index contributed by atoms with van der Waals surface area (Å²) in [6.45, 7) is 3.40. The van der Waals surface area contributed by atoms with Gasteiger partial charge in [-0.25, -0.2) is 9.18 Å². The van der Waals surface area contributed by atoms with Gasteiger partial charge >= 0.3 is 5.69 Å². The molecular weight excluding hydrogens is 347 g/mol. The molecule has 0 N–H and O–H groups in total. The largest absolute Gasteiger partial charge is 0.378 e. The van der Waals surface area contributed by atoms with Gasteiger partial charge in [-0.1, -0.05) is 6.08 Å². The van der Waals surface area contributed by atoms with Crippen LogP contribution in [0.5, 0.6) is 0 Å². The Balaban J connectivity index is 2.39. The van der Waals surface area contributed by atoms with Gasteiger partial charge in [-0.05, 0) is 15.9 Å². The number of methoxy groups -OCH3 is 1. The second-order valence-corrected chi connectivity index (χ2v) is 5.63. The van der Waals surface area contributed by atoms with Crippen LogP contribution in [0.4, 0.5) is 4.39 Å². The van der Waals surface area contributed by atoms with Gasteiger partial charge in [-0.3, -0.25) is 13.9 Å². The van der Waals surface area contributed by atoms with Crippen LogP contribution in [0, 0.1) is 0 Å². The Kier molecular flexibility index (Phi) is 4.80. The van der Waals surface area contributed by atoms with E-state index in [4.69, 9.17) is 9.47 Å². The molecule has 0 radical (unpaired) electrons. The number of halogens is 2. The number of hydrogen-bond donors (Lipinski definition) is 0. The first-order valence-corrected chi connectivity index (χ1v) is 7.12. The number of alkyl halides is 1. The Morgan fingerprint density at radius 1 is 1.62 bits per heavy atom. The standard InChI is InChI=1S/C13H16BrFN2O4/c1-4-8(15)11-9(20-3)5-10(21-11)17-6-7(14)12(18)16(2)13(17)19/h4,6,8-11H,1,5H2,2-3H3/t8?,9-,10+,11+/m0/s1. The molecule has 1 aliphatic rings. The Morgan fingerprint density at radius 3 is 2.86 bits per heavy atom. The zero-order chi connectivity index (χ0) is 15.7. The zero-order valence-electron chi connectivity index (χ0n) is 11.7. The Morgan fingerprint density at radius 2 is 2.29 bits per heavy atom. The molecule has 6 nitrogen and oxygen atoms in total. The van der Waals surface area contributed by atoms with Gasteiger partial charge in [-0.2, -0.15) is 0 Å². The van der Waals surface area contributed by atoms with Gasteiger partial charge in [0.25, 0.3) is 5.56 Å². The van der Waals surface area contributed by atoms with Crippen molar-refractivity contribution in [2.24, 2.45) is 7.05 Å². The Bertz CT molecular complexity index is 657. The van der Waals surface area contributed by atoms with E-state index in [-0.39, 0.29) is 4.47 Å². The van der Waals surface area contributed by atoms with E-state index >= 15 is 0 Å². The van der Waals surface area contributed by atoms with Gasteiger partial charge in [0.2, 0.25) is 0 Å². The van der Waals surface area contributed by atoms with Crippen molar-refractivity contribution in [3.05, 3.63) is 44.2 Å². The topological polar surface area (TPSA) is 62.5 Å². The quantitative estimate of drug-likeness (QED) is 0.753. The number of nitrogens with zero attached hydrogens (tertiary/aromatic N) is 2. The minimum Gasteiger partial charge on any atom is -0.378 e. The van der Waals surface area contributed by atoms with Crippen LogP contribution in [0.15, 0.2) is 32.9 Å². The van der Waals surface area contributed by atoms with Crippen LogP contribution in [0.2, 0.25) is 0 Å². The molecule has 0 aliphatic carbocycles. The summed E-state index contributed by atoms with van der Waals surface area (Å²) in [6.07, 6.45) is -0.629. The molecular formula is C13H16BrFN2O4. The first-order valence-electron chi connectivity index (χ1n) is 6.33. The third-order valence-electron chi connectivity index (χ3n) is 3.54. The van der Waals surface area contributed by atoms with Crippen LogP contribution in [-0.4, -0.2) is 34.6 Å². The smallest absolute Gasteiger partial charge is 0.332 e. The fourth-order valence-corrected chi connectivity index (χ4v) is 2.83. The molecule has 1 aromatic rings. The molecule has 2 rings (SSSR count). The number of ether oxygens (including phenoxy) is 2. The van der Waals surface area contributed by atoms with Gasteiger partial charge in [0.05, 0.1) is 10.6 Å². The third-order valence-corrected chi connectivity index (χ3v) is 4.08. The third kappa shape index (κ3) is 2.88. The van der Waals surface area contributed by atoms with Crippen molar-refractivity contribution in [2.45, 2.75) is 31.0 Å². The van der Waals surface area contributed by atoms with E-state index in [0.717, 1.165) is 10.6 Å². The highest BCUT2D eigenvalue weighted by Gasteiger charge is 2.41. The first-order chi connectivity index (χ1) is 9.90. The van der Waals surface area contributed by atoms with Crippen molar-refractivity contribution in [3.63, 3.8) is 0 Å². The SMILES string of the molecule is C=CC(F)[C@H]1O[C@@H](n2cc(Br)c(=O)n(C)c2=O)C[C@@H]1OC. The lowest BCUT2D eigenvalue weighted by molar-refractivity contribution is -0.0559. The van der Waals surface area contributed by atoms with E-state index in [1.165, 1.54) is 24.9 Å². The molecule has 4 atom stereocenters. The average molecular weight is 363 g/mol. The predicted octanol–water partition coefficient (Wildman–Crippen LogP) is 1.14. The lowest BCUT2D eigenvalue weighted by atomic mass is 10.1. The van der Waals surface area contributed by atoms with Crippen molar-refractivity contribution >= 4 is 15.9 Å². The molecule has 0 bridgehead atoms. The van der Waals surface area contributed by atoms with Crippen LogP contribution in [0.1, 0.15) is 12.6 Å². The molecule has 0 spiro atoms. The molecule has 0 amide bonds. The molecule has 2 heterocycles. The van der Waals surface area contributed by atoms with Gasteiger partial charge in [0, 0.05) is 26.8 Å². The number of aromatic nitrogens is 2. The van der Waals surface area contributed by atoms with E-state index in [1.54, 1.807) is 0 Å². The second kappa shape index (κ2) is 6.25. The summed E-state index contributed by atoms with van der Waals surface area (Å²) in [5, 5.41) is 0. The van der Waals surface area contributed by atoms with Crippen LogP contribution in [-0.2, 0) is 16.5 Å². The minimum absolute atomic E-state index is 0.228. The summed E-state index contributed by atoms with van der Waals surface area (Å²) < 4.78 is 27.1. The maximum absolute atomic E-state index is 13.8. The van der Waals surface area contributed by atoms with Crippen LogP contribution in [0.25, 0.3) is 0 Å². The monoisotopic (exact) mass is 362 g/mol. The average Bonchev–Trinajstić information content (AvgIpc) is 2.92.